The van der Waals surface area contributed by atoms with Crippen LogP contribution in [0.1, 0.15) is 20.3 Å². The number of rotatable bonds is 9. The molecule has 0 aromatic heterocycles. The topological polar surface area (TPSA) is 79.3 Å². The van der Waals surface area contributed by atoms with Crippen LogP contribution in [0.4, 0.5) is 11.4 Å². The molecule has 2 aromatic rings. The van der Waals surface area contributed by atoms with Gasteiger partial charge in [0, 0.05) is 0 Å². The fourth-order valence-corrected chi connectivity index (χ4v) is 7.56. The number of para-hydroxylation sites is 2. The van der Waals surface area contributed by atoms with Crippen LogP contribution in [0.15, 0.2) is 72.6 Å². The van der Waals surface area contributed by atoms with Crippen LogP contribution >= 0.6 is 7.79 Å². The van der Waals surface area contributed by atoms with Crippen molar-refractivity contribution in [3.8, 4) is 0 Å². The van der Waals surface area contributed by atoms with Crippen LogP contribution in [0, 0.1) is 5.92 Å². The molecule has 1 aliphatic heterocycles. The number of benzene rings is 2. The molecular formula is C24H31N2O5P. The Morgan fingerprint density at radius 3 is 1.84 bits per heavy atom. The summed E-state index contributed by atoms with van der Waals surface area (Å²) in [5.74, 6) is -2.12. The normalized spacial score (nSPS) is 16.8. The molecule has 0 aliphatic carbocycles. The van der Waals surface area contributed by atoms with E-state index in [-0.39, 0.29) is 19.6 Å². The molecule has 0 amide bonds. The molecule has 2 aromatic carbocycles. The zero-order valence-corrected chi connectivity index (χ0v) is 19.6. The molecule has 32 heavy (non-hydrogen) atoms. The van der Waals surface area contributed by atoms with Crippen molar-refractivity contribution >= 4 is 31.1 Å². The molecule has 0 bridgehead atoms. The van der Waals surface area contributed by atoms with Gasteiger partial charge < -0.3 is 0 Å². The number of carbonyl (C=O) groups is 2. The molecule has 7 nitrogen and oxygen atoms in total. The maximum absolute atomic E-state index is 12.9. The minimum absolute atomic E-state index is 0.163. The number of hydrogen-bond donors (Lipinski definition) is 1. The average Bonchev–Trinajstić information content (AvgIpc) is 3.16. The quantitative estimate of drug-likeness (QED) is 0.447. The fraction of sp³-hybridized carbons (Fsp3) is 0.333. The summed E-state index contributed by atoms with van der Waals surface area (Å²) in [5, 5.41) is 0.300. The molecular weight excluding hydrogens is 427 g/mol. The molecule has 0 spiro atoms. The molecule has 1 atom stereocenters. The Balaban J connectivity index is 2.06. The SMILES string of the molecule is C=C(C(CC(=O)OCC)C(=O)OCC)[PH]1(O)N(c2ccccc2)CCN1c1ccccc1. The Kier molecular flexibility index (Phi) is 7.89. The van der Waals surface area contributed by atoms with Crippen molar-refractivity contribution in [1.29, 1.82) is 0 Å². The van der Waals surface area contributed by atoms with E-state index in [1.807, 2.05) is 70.0 Å². The Morgan fingerprint density at radius 2 is 1.41 bits per heavy atom. The van der Waals surface area contributed by atoms with Crippen molar-refractivity contribution in [2.45, 2.75) is 20.3 Å². The van der Waals surface area contributed by atoms with E-state index < -0.39 is 25.6 Å². The van der Waals surface area contributed by atoms with Gasteiger partial charge in [0.05, 0.1) is 0 Å². The second kappa shape index (κ2) is 10.6. The van der Waals surface area contributed by atoms with Crippen molar-refractivity contribution in [2.75, 3.05) is 35.6 Å². The molecule has 1 fully saturated rings. The minimum atomic E-state index is -3.71. The van der Waals surface area contributed by atoms with E-state index in [4.69, 9.17) is 9.47 Å². The fourth-order valence-electron chi connectivity index (χ4n) is 4.05. The number of anilines is 2. The maximum atomic E-state index is 12.9. The first-order chi connectivity index (χ1) is 15.4. The summed E-state index contributed by atoms with van der Waals surface area (Å²) in [6.07, 6.45) is -0.230. The van der Waals surface area contributed by atoms with Crippen LogP contribution in [0.25, 0.3) is 0 Å². The molecule has 3 rings (SSSR count). The van der Waals surface area contributed by atoms with Crippen molar-refractivity contribution in [2.24, 2.45) is 5.92 Å². The van der Waals surface area contributed by atoms with Crippen molar-refractivity contribution < 1.29 is 24.0 Å². The van der Waals surface area contributed by atoms with Crippen LogP contribution in [0.3, 0.4) is 0 Å². The summed E-state index contributed by atoms with van der Waals surface area (Å²) < 4.78 is 14.2. The van der Waals surface area contributed by atoms with Gasteiger partial charge in [0.1, 0.15) is 0 Å². The van der Waals surface area contributed by atoms with Crippen molar-refractivity contribution in [3.05, 3.63) is 72.6 Å². The van der Waals surface area contributed by atoms with Crippen LogP contribution in [-0.2, 0) is 19.1 Å². The van der Waals surface area contributed by atoms with E-state index >= 15 is 0 Å². The van der Waals surface area contributed by atoms with Gasteiger partial charge >= 0.3 is 189 Å². The van der Waals surface area contributed by atoms with Gasteiger partial charge in [-0.1, -0.05) is 0 Å². The molecule has 0 saturated carbocycles. The Bertz CT molecular complexity index is 890. The molecule has 8 heteroatoms. The third-order valence-corrected chi connectivity index (χ3v) is 9.21. The molecule has 1 heterocycles. The van der Waals surface area contributed by atoms with Crippen LogP contribution < -0.4 is 9.34 Å². The van der Waals surface area contributed by atoms with E-state index in [2.05, 4.69) is 6.58 Å². The monoisotopic (exact) mass is 458 g/mol. The number of hydrogen-bond acceptors (Lipinski definition) is 7. The number of ether oxygens (including phenoxy) is 2. The molecule has 1 aliphatic rings. The van der Waals surface area contributed by atoms with Gasteiger partial charge in [0.25, 0.3) is 0 Å². The molecule has 0 radical (unpaired) electrons. The molecule has 1 N–H and O–H groups in total. The van der Waals surface area contributed by atoms with Gasteiger partial charge in [0.15, 0.2) is 0 Å². The van der Waals surface area contributed by atoms with E-state index in [1.165, 1.54) is 0 Å². The van der Waals surface area contributed by atoms with Crippen molar-refractivity contribution in [3.63, 3.8) is 0 Å². The van der Waals surface area contributed by atoms with Crippen LogP contribution in [-0.4, -0.2) is 43.1 Å². The van der Waals surface area contributed by atoms with Gasteiger partial charge in [0.2, 0.25) is 0 Å². The Hall–Kier alpha value is -2.89. The summed E-state index contributed by atoms with van der Waals surface area (Å²) in [7, 11) is -3.71. The first-order valence-corrected chi connectivity index (χ1v) is 12.7. The van der Waals surface area contributed by atoms with Gasteiger partial charge in [-0.05, 0) is 0 Å². The van der Waals surface area contributed by atoms with Crippen LogP contribution in [0.2, 0.25) is 0 Å². The second-order valence-electron chi connectivity index (χ2n) is 7.45. The van der Waals surface area contributed by atoms with E-state index in [9.17, 15) is 14.5 Å². The summed E-state index contributed by atoms with van der Waals surface area (Å²) in [4.78, 5) is 37.6. The van der Waals surface area contributed by atoms with Crippen molar-refractivity contribution in [1.82, 2.24) is 0 Å². The van der Waals surface area contributed by atoms with Crippen LogP contribution in [0.5, 0.6) is 0 Å². The third-order valence-electron chi connectivity index (χ3n) is 5.53. The summed E-state index contributed by atoms with van der Waals surface area (Å²) >= 11 is 0. The molecule has 1 unspecified atom stereocenters. The number of carbonyl (C=O) groups excluding carboxylic acids is 2. The Morgan fingerprint density at radius 1 is 0.938 bits per heavy atom. The number of nitrogens with zero attached hydrogens (tertiary/aromatic N) is 2. The Labute approximate surface area is 189 Å². The predicted octanol–water partition coefficient (Wildman–Crippen LogP) is 4.15. The zero-order valence-electron chi connectivity index (χ0n) is 18.6. The molecule has 1 saturated heterocycles. The average molecular weight is 458 g/mol. The summed E-state index contributed by atoms with van der Waals surface area (Å²) in [6, 6.07) is 19.1. The van der Waals surface area contributed by atoms with E-state index in [1.54, 1.807) is 13.8 Å². The van der Waals surface area contributed by atoms with E-state index in [0.717, 1.165) is 11.4 Å². The van der Waals surface area contributed by atoms with Gasteiger partial charge in [-0.25, -0.2) is 0 Å². The zero-order chi connectivity index (χ0) is 23.1. The van der Waals surface area contributed by atoms with E-state index in [0.29, 0.717) is 18.4 Å². The summed E-state index contributed by atoms with van der Waals surface area (Å²) in [6.45, 7) is 9.08. The van der Waals surface area contributed by atoms with Gasteiger partial charge in [-0.15, -0.1) is 0 Å². The standard InChI is InChI=1S/C24H31N2O5P/c1-4-30-23(27)18-22(24(28)31-5-2)19(3)32(29)25(20-12-8-6-9-13-20)16-17-26(32)21-14-10-7-11-15-21/h6-15,22,29,32H,3-5,16-18H2,1-2H3. The number of esters is 2. The molecule has 172 valence electrons. The summed E-state index contributed by atoms with van der Waals surface area (Å²) in [5.41, 5.74) is 1.67. The first-order valence-electron chi connectivity index (χ1n) is 10.8. The van der Waals surface area contributed by atoms with Gasteiger partial charge in [-0.2, -0.15) is 0 Å². The second-order valence-corrected chi connectivity index (χ2v) is 10.4. The van der Waals surface area contributed by atoms with Gasteiger partial charge in [-0.3, -0.25) is 0 Å². The predicted molar refractivity (Wildman–Crippen MR) is 129 cm³/mol. The first kappa shape index (κ1) is 23.8. The third kappa shape index (κ3) is 4.79.